The second-order valence-corrected chi connectivity index (χ2v) is 10.7. The third-order valence-corrected chi connectivity index (χ3v) is 7.68. The van der Waals surface area contributed by atoms with E-state index in [0.717, 1.165) is 63.0 Å². The fraction of sp³-hybridized carbons (Fsp3) is 0.448. The summed E-state index contributed by atoms with van der Waals surface area (Å²) in [5.74, 6) is 2.16. The van der Waals surface area contributed by atoms with Crippen molar-refractivity contribution in [3.63, 3.8) is 0 Å². The second-order valence-electron chi connectivity index (χ2n) is 10.7. The smallest absolute Gasteiger partial charge is 0.424 e. The highest BCUT2D eigenvalue weighted by Gasteiger charge is 2.32. The predicted octanol–water partition coefficient (Wildman–Crippen LogP) is 5.98. The van der Waals surface area contributed by atoms with Crippen LogP contribution in [0.15, 0.2) is 57.7 Å². The number of halogens is 3. The monoisotopic (exact) mass is 583 g/mol. The predicted molar refractivity (Wildman–Crippen MR) is 149 cm³/mol. The average molecular weight is 584 g/mol. The molecule has 1 aromatic carbocycles. The molecule has 10 nitrogen and oxygen atoms in total. The van der Waals surface area contributed by atoms with Crippen LogP contribution in [-0.4, -0.2) is 57.7 Å². The highest BCUT2D eigenvalue weighted by atomic mass is 19.4. The number of hydrogen-bond acceptors (Lipinski definition) is 10. The van der Waals surface area contributed by atoms with Crippen molar-refractivity contribution in [1.82, 2.24) is 25.4 Å². The van der Waals surface area contributed by atoms with Crippen molar-refractivity contribution in [2.75, 3.05) is 23.3 Å². The summed E-state index contributed by atoms with van der Waals surface area (Å²) >= 11 is 0. The molecule has 1 saturated carbocycles. The number of alkyl halides is 3. The molecule has 3 aromatic heterocycles. The van der Waals surface area contributed by atoms with E-state index < -0.39 is 6.36 Å². The molecule has 0 spiro atoms. The molecule has 3 atom stereocenters. The summed E-state index contributed by atoms with van der Waals surface area (Å²) in [6, 6.07) is 10.6. The molecule has 0 amide bonds. The number of benzene rings is 1. The fourth-order valence-electron chi connectivity index (χ4n) is 5.70. The highest BCUT2D eigenvalue weighted by molar-refractivity contribution is 5.59. The van der Waals surface area contributed by atoms with Crippen molar-refractivity contribution in [3.8, 4) is 28.5 Å². The molecule has 0 radical (unpaired) electrons. The van der Waals surface area contributed by atoms with E-state index in [-0.39, 0.29) is 17.8 Å². The number of rotatable bonds is 8. The molecule has 6 rings (SSSR count). The van der Waals surface area contributed by atoms with E-state index in [1.807, 2.05) is 12.1 Å². The van der Waals surface area contributed by atoms with Crippen LogP contribution in [0.25, 0.3) is 22.7 Å². The van der Waals surface area contributed by atoms with Crippen LogP contribution in [-0.2, 0) is 0 Å². The largest absolute Gasteiger partial charge is 0.573 e. The SMILES string of the molecule is Cc1nc(-c2ccc(N3CCC[C@H](N[C@@H]4CCCC[C@H]4Nc4ncc(-c5ccc(OC(F)(F)F)cc5)o4)C3)nc2)no1. The lowest BCUT2D eigenvalue weighted by Gasteiger charge is -2.39. The van der Waals surface area contributed by atoms with E-state index in [2.05, 4.69) is 40.4 Å². The molecule has 2 N–H and O–H groups in total. The molecule has 1 aliphatic carbocycles. The van der Waals surface area contributed by atoms with Gasteiger partial charge < -0.3 is 29.2 Å². The molecule has 0 bridgehead atoms. The molecule has 13 heteroatoms. The van der Waals surface area contributed by atoms with Gasteiger partial charge in [-0.1, -0.05) is 18.0 Å². The third kappa shape index (κ3) is 6.84. The molecular formula is C29H32F3N7O3. The fourth-order valence-corrected chi connectivity index (χ4v) is 5.70. The Bertz CT molecular complexity index is 1460. The van der Waals surface area contributed by atoms with Crippen molar-refractivity contribution < 1.29 is 26.8 Å². The van der Waals surface area contributed by atoms with Crippen LogP contribution in [0.4, 0.5) is 25.0 Å². The maximum Gasteiger partial charge on any atom is 0.573 e. The summed E-state index contributed by atoms with van der Waals surface area (Å²) in [4.78, 5) is 15.6. The first-order valence-electron chi connectivity index (χ1n) is 14.2. The van der Waals surface area contributed by atoms with Crippen molar-refractivity contribution >= 4 is 11.8 Å². The molecular weight excluding hydrogens is 551 g/mol. The van der Waals surface area contributed by atoms with Crippen LogP contribution < -0.4 is 20.3 Å². The lowest BCUT2D eigenvalue weighted by atomic mass is 9.89. The first-order valence-corrected chi connectivity index (χ1v) is 14.2. The van der Waals surface area contributed by atoms with E-state index in [1.54, 1.807) is 19.3 Å². The lowest BCUT2D eigenvalue weighted by molar-refractivity contribution is -0.274. The number of hydrogen-bond donors (Lipinski definition) is 2. The third-order valence-electron chi connectivity index (χ3n) is 7.68. The van der Waals surface area contributed by atoms with Crippen molar-refractivity contribution in [1.29, 1.82) is 0 Å². The second kappa shape index (κ2) is 12.0. The van der Waals surface area contributed by atoms with E-state index >= 15 is 0 Å². The number of aryl methyl sites for hydroxylation is 1. The van der Waals surface area contributed by atoms with Gasteiger partial charge in [-0.25, -0.2) is 9.97 Å². The standard InChI is InChI=1S/C29H32F3N7O3/c1-18-35-27(38-42-18)20-10-13-26(33-15-20)39-14-4-5-21(17-39)36-23-6-2-3-7-24(23)37-28-34-16-25(40-28)19-8-11-22(12-9-19)41-29(30,31)32/h8-13,15-16,21,23-24,36H,2-7,14,17H2,1H3,(H,34,37)/t21-,23+,24+/m0/s1. The number of nitrogens with one attached hydrogen (secondary N) is 2. The zero-order valence-electron chi connectivity index (χ0n) is 23.1. The molecule has 2 fully saturated rings. The summed E-state index contributed by atoms with van der Waals surface area (Å²) in [6.45, 7) is 3.56. The first-order chi connectivity index (χ1) is 20.3. The Hall–Kier alpha value is -4.13. The normalized spacial score (nSPS) is 21.3. The van der Waals surface area contributed by atoms with Gasteiger partial charge in [0.15, 0.2) is 5.76 Å². The Balaban J connectivity index is 1.06. The molecule has 222 valence electrons. The molecule has 4 heterocycles. The lowest BCUT2D eigenvalue weighted by Crippen LogP contribution is -2.55. The number of ether oxygens (including phenoxy) is 1. The molecule has 42 heavy (non-hydrogen) atoms. The zero-order chi connectivity index (χ0) is 29.1. The Morgan fingerprint density at radius 1 is 0.929 bits per heavy atom. The maximum atomic E-state index is 12.5. The topological polar surface area (TPSA) is 114 Å². The number of nitrogens with zero attached hydrogens (tertiary/aromatic N) is 5. The van der Waals surface area contributed by atoms with Crippen LogP contribution in [0.1, 0.15) is 44.4 Å². The Morgan fingerprint density at radius 2 is 1.71 bits per heavy atom. The number of anilines is 2. The molecule has 0 unspecified atom stereocenters. The van der Waals surface area contributed by atoms with Crippen molar-refractivity contribution in [2.45, 2.75) is 69.9 Å². The number of piperidine rings is 1. The van der Waals surface area contributed by atoms with Gasteiger partial charge in [0.05, 0.1) is 6.20 Å². The van der Waals surface area contributed by atoms with Gasteiger partial charge in [-0.05, 0) is 62.1 Å². The summed E-state index contributed by atoms with van der Waals surface area (Å²) in [6.07, 6.45) is 5.04. The van der Waals surface area contributed by atoms with Crippen molar-refractivity contribution in [2.24, 2.45) is 0 Å². The van der Waals surface area contributed by atoms with Gasteiger partial charge in [-0.15, -0.1) is 13.2 Å². The van der Waals surface area contributed by atoms with Gasteiger partial charge in [-0.3, -0.25) is 0 Å². The minimum Gasteiger partial charge on any atom is -0.424 e. The first kappa shape index (κ1) is 28.0. The van der Waals surface area contributed by atoms with Crippen LogP contribution in [0.2, 0.25) is 0 Å². The maximum absolute atomic E-state index is 12.5. The summed E-state index contributed by atoms with van der Waals surface area (Å²) in [5, 5.41) is 11.3. The zero-order valence-corrected chi connectivity index (χ0v) is 23.1. The summed E-state index contributed by atoms with van der Waals surface area (Å²) < 4.78 is 52.3. The summed E-state index contributed by atoms with van der Waals surface area (Å²) in [5.41, 5.74) is 1.43. The number of pyridine rings is 1. The molecule has 1 aliphatic heterocycles. The minimum atomic E-state index is -4.73. The average Bonchev–Trinajstić information content (AvgIpc) is 3.63. The van der Waals surface area contributed by atoms with Gasteiger partial charge in [0.25, 0.3) is 6.01 Å². The molecule has 1 saturated heterocycles. The Kier molecular flexibility index (Phi) is 8.00. The van der Waals surface area contributed by atoms with E-state index in [0.29, 0.717) is 35.1 Å². The van der Waals surface area contributed by atoms with Crippen LogP contribution >= 0.6 is 0 Å². The van der Waals surface area contributed by atoms with Gasteiger partial charge in [0.1, 0.15) is 11.6 Å². The number of aromatic nitrogens is 4. The molecule has 4 aromatic rings. The van der Waals surface area contributed by atoms with Gasteiger partial charge in [-0.2, -0.15) is 4.98 Å². The number of oxazole rings is 1. The van der Waals surface area contributed by atoms with E-state index in [1.165, 1.54) is 24.3 Å². The van der Waals surface area contributed by atoms with Gasteiger partial charge >= 0.3 is 6.36 Å². The van der Waals surface area contributed by atoms with E-state index in [4.69, 9.17) is 8.94 Å². The van der Waals surface area contributed by atoms with Crippen LogP contribution in [0.5, 0.6) is 5.75 Å². The minimum absolute atomic E-state index is 0.138. The molecule has 2 aliphatic rings. The van der Waals surface area contributed by atoms with Crippen LogP contribution in [0.3, 0.4) is 0 Å². The quantitative estimate of drug-likeness (QED) is 0.257. The summed E-state index contributed by atoms with van der Waals surface area (Å²) in [7, 11) is 0. The Morgan fingerprint density at radius 3 is 2.43 bits per heavy atom. The highest BCUT2D eigenvalue weighted by Crippen LogP contribution is 2.30. The van der Waals surface area contributed by atoms with Crippen molar-refractivity contribution in [3.05, 3.63) is 54.7 Å². The van der Waals surface area contributed by atoms with Gasteiger partial charge in [0.2, 0.25) is 11.7 Å². The Labute approximate surface area is 240 Å². The van der Waals surface area contributed by atoms with E-state index in [9.17, 15) is 13.2 Å². The van der Waals surface area contributed by atoms with Gasteiger partial charge in [0, 0.05) is 55.5 Å². The van der Waals surface area contributed by atoms with Crippen LogP contribution in [0, 0.1) is 6.92 Å².